The van der Waals surface area contributed by atoms with E-state index >= 15 is 0 Å². The maximum Gasteiger partial charge on any atom is 0.240 e. The van der Waals surface area contributed by atoms with Crippen molar-refractivity contribution >= 4 is 50.8 Å². The van der Waals surface area contributed by atoms with E-state index in [9.17, 15) is 9.59 Å². The number of benzene rings is 1. The van der Waals surface area contributed by atoms with Crippen LogP contribution in [0.25, 0.3) is 0 Å². The second-order valence-corrected chi connectivity index (χ2v) is 7.00. The maximum absolute atomic E-state index is 12.2. The summed E-state index contributed by atoms with van der Waals surface area (Å²) >= 11 is 4.52. The van der Waals surface area contributed by atoms with Crippen molar-refractivity contribution in [2.75, 3.05) is 0 Å². The van der Waals surface area contributed by atoms with E-state index in [-0.39, 0.29) is 18.1 Å². The van der Waals surface area contributed by atoms with Crippen molar-refractivity contribution in [3.63, 3.8) is 0 Å². The van der Waals surface area contributed by atoms with Crippen LogP contribution >= 0.6 is 27.7 Å². The average Bonchev–Trinajstić information content (AvgIpc) is 3.19. The van der Waals surface area contributed by atoms with Crippen LogP contribution in [-0.2, 0) is 4.79 Å². The molecule has 0 bridgehead atoms. The van der Waals surface area contributed by atoms with Crippen LogP contribution in [0.1, 0.15) is 22.5 Å². The number of hydrogen-bond donors (Lipinski definition) is 1. The zero-order chi connectivity index (χ0) is 16.9. The van der Waals surface area contributed by atoms with Gasteiger partial charge in [0.15, 0.2) is 11.0 Å². The first-order valence-electron chi connectivity index (χ1n) is 7.02. The molecule has 0 aliphatic carbocycles. The monoisotopic (exact) mass is 405 g/mol. The molecule has 6 nitrogen and oxygen atoms in total. The molecule has 1 amide bonds. The molecule has 1 aliphatic rings. The Labute approximate surface area is 150 Å². The molecular weight excluding hydrogens is 394 g/mol. The maximum atomic E-state index is 12.2. The first-order valence-corrected chi connectivity index (χ1v) is 8.70. The Kier molecular flexibility index (Phi) is 5.27. The highest BCUT2D eigenvalue weighted by molar-refractivity contribution is 9.10. The number of carbonyl (C=O) groups excluding carboxylic acids is 2. The summed E-state index contributed by atoms with van der Waals surface area (Å²) in [5.41, 5.74) is 0.577. The Morgan fingerprint density at radius 2 is 2.12 bits per heavy atom. The largest absolute Gasteiger partial charge is 0.463 e. The standard InChI is InChI=1S/C16H12BrN3O3S/c17-11-5-3-10(4-6-11)13(21)8-14-15(22)19-16(24-14)20-18-9-12-2-1-7-23-12/h1-7,9,14H,8H2,(H,19,20,22)/b18-9-/t14-/m0/s1. The zero-order valence-electron chi connectivity index (χ0n) is 12.3. The SMILES string of the molecule is O=C(C[C@@H]1S/C(=N\N=C/c2ccco2)NC1=O)c1ccc(Br)cc1. The number of nitrogens with zero attached hydrogens (tertiary/aromatic N) is 2. The van der Waals surface area contributed by atoms with Gasteiger partial charge in [-0.2, -0.15) is 5.10 Å². The van der Waals surface area contributed by atoms with Gasteiger partial charge >= 0.3 is 0 Å². The topological polar surface area (TPSA) is 84.0 Å². The lowest BCUT2D eigenvalue weighted by atomic mass is 10.1. The average molecular weight is 406 g/mol. The fraction of sp³-hybridized carbons (Fsp3) is 0.125. The highest BCUT2D eigenvalue weighted by atomic mass is 79.9. The molecule has 1 atom stereocenters. The van der Waals surface area contributed by atoms with E-state index in [0.717, 1.165) is 4.47 Å². The normalized spacial score (nSPS) is 19.1. The van der Waals surface area contributed by atoms with Crippen LogP contribution in [0.3, 0.4) is 0 Å². The highest BCUT2D eigenvalue weighted by Crippen LogP contribution is 2.24. The molecule has 0 radical (unpaired) electrons. The van der Waals surface area contributed by atoms with E-state index in [1.165, 1.54) is 24.2 Å². The van der Waals surface area contributed by atoms with Gasteiger partial charge in [0.1, 0.15) is 5.76 Å². The quantitative estimate of drug-likeness (QED) is 0.470. The summed E-state index contributed by atoms with van der Waals surface area (Å²) in [5, 5.41) is 10.3. The molecule has 0 spiro atoms. The minimum absolute atomic E-state index is 0.0875. The summed E-state index contributed by atoms with van der Waals surface area (Å²) in [6.07, 6.45) is 3.09. The summed E-state index contributed by atoms with van der Waals surface area (Å²) in [6.45, 7) is 0. The molecule has 1 saturated heterocycles. The van der Waals surface area contributed by atoms with Crippen LogP contribution in [-0.4, -0.2) is 28.3 Å². The second-order valence-electron chi connectivity index (χ2n) is 4.90. The third kappa shape index (κ3) is 4.21. The van der Waals surface area contributed by atoms with Gasteiger partial charge in [-0.15, -0.1) is 5.10 Å². The van der Waals surface area contributed by atoms with Gasteiger partial charge in [0.25, 0.3) is 0 Å². The van der Waals surface area contributed by atoms with E-state index in [0.29, 0.717) is 16.5 Å². The second kappa shape index (κ2) is 7.59. The number of furan rings is 1. The number of amides is 1. The number of thioether (sulfide) groups is 1. The molecule has 0 saturated carbocycles. The molecule has 2 aromatic rings. The van der Waals surface area contributed by atoms with Gasteiger partial charge in [-0.25, -0.2) is 0 Å². The van der Waals surface area contributed by atoms with Crippen LogP contribution < -0.4 is 5.32 Å². The smallest absolute Gasteiger partial charge is 0.240 e. The van der Waals surface area contributed by atoms with Crippen LogP contribution in [0, 0.1) is 0 Å². The molecular formula is C16H12BrN3O3S. The minimum atomic E-state index is -0.501. The summed E-state index contributed by atoms with van der Waals surface area (Å²) in [7, 11) is 0. The number of ketones is 1. The van der Waals surface area contributed by atoms with Crippen LogP contribution in [0.15, 0.2) is 61.8 Å². The zero-order valence-corrected chi connectivity index (χ0v) is 14.7. The van der Waals surface area contributed by atoms with Crippen molar-refractivity contribution in [2.24, 2.45) is 10.2 Å². The van der Waals surface area contributed by atoms with Crippen molar-refractivity contribution < 1.29 is 14.0 Å². The predicted molar refractivity (Wildman–Crippen MR) is 96.3 cm³/mol. The number of Topliss-reactive ketones (excluding diaryl/α,β-unsaturated/α-hetero) is 1. The van der Waals surface area contributed by atoms with Crippen LogP contribution in [0.4, 0.5) is 0 Å². The number of carbonyl (C=O) groups is 2. The van der Waals surface area contributed by atoms with E-state index in [2.05, 4.69) is 31.4 Å². The molecule has 1 N–H and O–H groups in total. The molecule has 24 heavy (non-hydrogen) atoms. The van der Waals surface area contributed by atoms with Crippen molar-refractivity contribution in [2.45, 2.75) is 11.7 Å². The van der Waals surface area contributed by atoms with Crippen LogP contribution in [0.2, 0.25) is 0 Å². The minimum Gasteiger partial charge on any atom is -0.463 e. The number of hydrogen-bond acceptors (Lipinski definition) is 6. The molecule has 2 heterocycles. The fourth-order valence-corrected chi connectivity index (χ4v) is 3.20. The lowest BCUT2D eigenvalue weighted by Crippen LogP contribution is -2.26. The van der Waals surface area contributed by atoms with Gasteiger partial charge in [-0.3, -0.25) is 9.59 Å². The van der Waals surface area contributed by atoms with Crippen molar-refractivity contribution in [1.82, 2.24) is 5.32 Å². The lowest BCUT2D eigenvalue weighted by Gasteiger charge is -2.04. The molecule has 8 heteroatoms. The van der Waals surface area contributed by atoms with Crippen molar-refractivity contribution in [3.8, 4) is 0 Å². The summed E-state index contributed by atoms with van der Waals surface area (Å²) in [6, 6.07) is 10.5. The number of amidine groups is 1. The molecule has 1 aromatic carbocycles. The van der Waals surface area contributed by atoms with E-state index < -0.39 is 5.25 Å². The Balaban J connectivity index is 1.60. The highest BCUT2D eigenvalue weighted by Gasteiger charge is 2.32. The summed E-state index contributed by atoms with van der Waals surface area (Å²) < 4.78 is 5.99. The first-order chi connectivity index (χ1) is 11.6. The van der Waals surface area contributed by atoms with Crippen molar-refractivity contribution in [1.29, 1.82) is 0 Å². The molecule has 1 fully saturated rings. The Morgan fingerprint density at radius 1 is 1.33 bits per heavy atom. The number of nitrogens with one attached hydrogen (secondary N) is 1. The predicted octanol–water partition coefficient (Wildman–Crippen LogP) is 3.24. The van der Waals surface area contributed by atoms with Gasteiger partial charge < -0.3 is 9.73 Å². The Hall–Kier alpha value is -2.19. The third-order valence-corrected chi connectivity index (χ3v) is 4.79. The van der Waals surface area contributed by atoms with E-state index in [4.69, 9.17) is 4.42 Å². The fourth-order valence-electron chi connectivity index (χ4n) is 2.01. The Bertz CT molecular complexity index is 800. The summed E-state index contributed by atoms with van der Waals surface area (Å²) in [4.78, 5) is 24.2. The Morgan fingerprint density at radius 3 is 2.83 bits per heavy atom. The molecule has 3 rings (SSSR count). The molecule has 1 aliphatic heterocycles. The van der Waals surface area contributed by atoms with Gasteiger partial charge in [-0.1, -0.05) is 39.8 Å². The summed E-state index contributed by atoms with van der Waals surface area (Å²) in [5.74, 6) is 0.239. The number of halogens is 1. The van der Waals surface area contributed by atoms with Gasteiger partial charge in [0, 0.05) is 16.5 Å². The lowest BCUT2D eigenvalue weighted by molar-refractivity contribution is -0.118. The van der Waals surface area contributed by atoms with Crippen LogP contribution in [0.5, 0.6) is 0 Å². The first kappa shape index (κ1) is 16.7. The molecule has 1 aromatic heterocycles. The van der Waals surface area contributed by atoms with E-state index in [1.54, 1.807) is 36.4 Å². The van der Waals surface area contributed by atoms with E-state index in [1.807, 2.05) is 0 Å². The third-order valence-electron chi connectivity index (χ3n) is 3.19. The van der Waals surface area contributed by atoms with Gasteiger partial charge in [-0.05, 0) is 24.3 Å². The van der Waals surface area contributed by atoms with Gasteiger partial charge in [0.2, 0.25) is 5.91 Å². The van der Waals surface area contributed by atoms with Crippen molar-refractivity contribution in [3.05, 3.63) is 58.5 Å². The molecule has 0 unspecified atom stereocenters. The molecule has 122 valence electrons. The number of rotatable bonds is 5. The van der Waals surface area contributed by atoms with Gasteiger partial charge in [0.05, 0.1) is 17.7 Å².